The maximum Gasteiger partial charge on any atom is 0.0307 e. The number of hydrogen-bond acceptors (Lipinski definition) is 0. The smallest absolute Gasteiger partial charge is 0.0307 e. The Morgan fingerprint density at radius 2 is 2.07 bits per heavy atom. The maximum absolute atomic E-state index is 4.04. The van der Waals surface area contributed by atoms with Gasteiger partial charge >= 0.3 is 0 Å². The summed E-state index contributed by atoms with van der Waals surface area (Å²) in [6, 6.07) is 0. The van der Waals surface area contributed by atoms with E-state index in [4.69, 9.17) is 0 Å². The summed E-state index contributed by atoms with van der Waals surface area (Å²) >= 11 is 0. The third-order valence-electron chi connectivity index (χ3n) is 2.88. The van der Waals surface area contributed by atoms with E-state index in [1.165, 1.54) is 5.57 Å². The van der Waals surface area contributed by atoms with E-state index in [2.05, 4.69) is 38.0 Å². The van der Waals surface area contributed by atoms with Crippen molar-refractivity contribution in [1.82, 2.24) is 0 Å². The summed E-state index contributed by atoms with van der Waals surface area (Å²) in [6.45, 7) is 16.0. The molecule has 1 aliphatic carbocycles. The SMILES string of the molecule is C=CC1(C(=C)C)C=CC=C(C(=C)C)C1. The largest absolute Gasteiger partial charge is 0.102 e. The summed E-state index contributed by atoms with van der Waals surface area (Å²) < 4.78 is 0. The molecule has 0 saturated heterocycles. The van der Waals surface area contributed by atoms with Crippen molar-refractivity contribution in [2.75, 3.05) is 0 Å². The molecular weight excluding hydrogens is 168 g/mol. The van der Waals surface area contributed by atoms with Crippen LogP contribution in [0.3, 0.4) is 0 Å². The van der Waals surface area contributed by atoms with Crippen LogP contribution in [0.15, 0.2) is 60.8 Å². The fourth-order valence-corrected chi connectivity index (χ4v) is 1.67. The molecule has 0 saturated carbocycles. The van der Waals surface area contributed by atoms with Crippen LogP contribution in [0, 0.1) is 5.41 Å². The van der Waals surface area contributed by atoms with Gasteiger partial charge in [-0.3, -0.25) is 0 Å². The summed E-state index contributed by atoms with van der Waals surface area (Å²) in [7, 11) is 0. The number of hydrogen-bond donors (Lipinski definition) is 0. The van der Waals surface area contributed by atoms with Gasteiger partial charge in [0.25, 0.3) is 0 Å². The zero-order valence-electron chi connectivity index (χ0n) is 9.14. The van der Waals surface area contributed by atoms with Crippen molar-refractivity contribution in [1.29, 1.82) is 0 Å². The number of allylic oxidation sites excluding steroid dienone is 7. The lowest BCUT2D eigenvalue weighted by Gasteiger charge is -2.31. The van der Waals surface area contributed by atoms with Crippen molar-refractivity contribution in [2.24, 2.45) is 5.41 Å². The van der Waals surface area contributed by atoms with E-state index in [1.807, 2.05) is 19.9 Å². The van der Waals surface area contributed by atoms with Crippen molar-refractivity contribution >= 4 is 0 Å². The van der Waals surface area contributed by atoms with Gasteiger partial charge in [0, 0.05) is 5.41 Å². The summed E-state index contributed by atoms with van der Waals surface area (Å²) in [4.78, 5) is 0. The summed E-state index contributed by atoms with van der Waals surface area (Å²) in [5.41, 5.74) is 3.48. The molecule has 1 rings (SSSR count). The molecule has 0 aliphatic heterocycles. The van der Waals surface area contributed by atoms with Crippen molar-refractivity contribution in [3.05, 3.63) is 60.8 Å². The van der Waals surface area contributed by atoms with Crippen molar-refractivity contribution in [3.8, 4) is 0 Å². The second kappa shape index (κ2) is 3.83. The predicted octanol–water partition coefficient (Wildman–Crippen LogP) is 4.20. The second-order valence-electron chi connectivity index (χ2n) is 4.03. The van der Waals surface area contributed by atoms with Crippen LogP contribution in [-0.4, -0.2) is 0 Å². The van der Waals surface area contributed by atoms with Crippen LogP contribution in [0.5, 0.6) is 0 Å². The van der Waals surface area contributed by atoms with Crippen LogP contribution in [0.4, 0.5) is 0 Å². The number of rotatable bonds is 3. The molecular formula is C14H18. The van der Waals surface area contributed by atoms with E-state index in [9.17, 15) is 0 Å². The fraction of sp³-hybridized carbons (Fsp3) is 0.286. The quantitative estimate of drug-likeness (QED) is 0.579. The monoisotopic (exact) mass is 186 g/mol. The molecule has 0 aromatic carbocycles. The van der Waals surface area contributed by atoms with Crippen LogP contribution >= 0.6 is 0 Å². The maximum atomic E-state index is 4.04. The van der Waals surface area contributed by atoms with Gasteiger partial charge in [0.1, 0.15) is 0 Å². The Labute approximate surface area is 87.0 Å². The molecule has 1 aliphatic rings. The minimum atomic E-state index is -0.0664. The fourth-order valence-electron chi connectivity index (χ4n) is 1.67. The third kappa shape index (κ3) is 1.79. The topological polar surface area (TPSA) is 0 Å². The molecule has 1 unspecified atom stereocenters. The van der Waals surface area contributed by atoms with Gasteiger partial charge in [-0.05, 0) is 25.8 Å². The van der Waals surface area contributed by atoms with Crippen molar-refractivity contribution in [3.63, 3.8) is 0 Å². The molecule has 0 aromatic heterocycles. The Bertz CT molecular complexity index is 339. The highest BCUT2D eigenvalue weighted by molar-refractivity contribution is 5.41. The molecule has 0 radical (unpaired) electrons. The molecule has 14 heavy (non-hydrogen) atoms. The Morgan fingerprint density at radius 3 is 2.50 bits per heavy atom. The van der Waals surface area contributed by atoms with E-state index in [1.54, 1.807) is 0 Å². The van der Waals surface area contributed by atoms with E-state index >= 15 is 0 Å². The molecule has 0 fully saturated rings. The van der Waals surface area contributed by atoms with Crippen LogP contribution in [0.2, 0.25) is 0 Å². The van der Waals surface area contributed by atoms with Gasteiger partial charge in [-0.15, -0.1) is 6.58 Å². The normalized spacial score (nSPS) is 25.4. The van der Waals surface area contributed by atoms with Gasteiger partial charge in [0.2, 0.25) is 0 Å². The first kappa shape index (κ1) is 10.8. The molecule has 0 aromatic rings. The summed E-state index contributed by atoms with van der Waals surface area (Å²) in [5, 5.41) is 0. The van der Waals surface area contributed by atoms with Gasteiger partial charge in [0.15, 0.2) is 0 Å². The van der Waals surface area contributed by atoms with Gasteiger partial charge in [-0.1, -0.05) is 48.6 Å². The lowest BCUT2D eigenvalue weighted by Crippen LogP contribution is -2.19. The lowest BCUT2D eigenvalue weighted by atomic mass is 9.73. The van der Waals surface area contributed by atoms with Gasteiger partial charge in [-0.25, -0.2) is 0 Å². The predicted molar refractivity (Wildman–Crippen MR) is 64.1 cm³/mol. The molecule has 0 bridgehead atoms. The highest BCUT2D eigenvalue weighted by Gasteiger charge is 2.27. The van der Waals surface area contributed by atoms with Gasteiger partial charge in [0.05, 0.1) is 0 Å². The summed E-state index contributed by atoms with van der Waals surface area (Å²) in [6.07, 6.45) is 9.27. The minimum absolute atomic E-state index is 0.0664. The zero-order chi connectivity index (χ0) is 10.8. The Kier molecular flexibility index (Phi) is 2.95. The van der Waals surface area contributed by atoms with Crippen LogP contribution in [0.1, 0.15) is 20.3 Å². The molecule has 74 valence electrons. The first-order valence-electron chi connectivity index (χ1n) is 4.86. The minimum Gasteiger partial charge on any atom is -0.102 e. The lowest BCUT2D eigenvalue weighted by molar-refractivity contribution is 0.578. The molecule has 0 nitrogen and oxygen atoms in total. The second-order valence-corrected chi connectivity index (χ2v) is 4.03. The Morgan fingerprint density at radius 1 is 1.43 bits per heavy atom. The van der Waals surface area contributed by atoms with E-state index in [0.29, 0.717) is 0 Å². The van der Waals surface area contributed by atoms with Gasteiger partial charge < -0.3 is 0 Å². The molecule has 0 N–H and O–H groups in total. The third-order valence-corrected chi connectivity index (χ3v) is 2.88. The summed E-state index contributed by atoms with van der Waals surface area (Å²) in [5.74, 6) is 0. The molecule has 0 heterocycles. The highest BCUT2D eigenvalue weighted by atomic mass is 14.3. The molecule has 1 atom stereocenters. The average Bonchev–Trinajstić information content (AvgIpc) is 2.17. The molecule has 0 heteroatoms. The molecule has 0 amide bonds. The first-order chi connectivity index (χ1) is 6.52. The van der Waals surface area contributed by atoms with Crippen LogP contribution in [-0.2, 0) is 0 Å². The van der Waals surface area contributed by atoms with E-state index < -0.39 is 0 Å². The van der Waals surface area contributed by atoms with E-state index in [0.717, 1.165) is 17.6 Å². The standard InChI is InChI=1S/C14H18/c1-6-14(12(4)5)9-7-8-13(10-14)11(2)3/h6-9H,1-2,4,10H2,3,5H3. The first-order valence-corrected chi connectivity index (χ1v) is 4.86. The van der Waals surface area contributed by atoms with E-state index in [-0.39, 0.29) is 5.41 Å². The van der Waals surface area contributed by atoms with Crippen molar-refractivity contribution < 1.29 is 0 Å². The highest BCUT2D eigenvalue weighted by Crippen LogP contribution is 2.40. The molecule has 0 spiro atoms. The average molecular weight is 186 g/mol. The Balaban J connectivity index is 3.04. The van der Waals surface area contributed by atoms with Gasteiger partial charge in [-0.2, -0.15) is 0 Å². The van der Waals surface area contributed by atoms with Crippen LogP contribution in [0.25, 0.3) is 0 Å². The Hall–Kier alpha value is -1.30. The van der Waals surface area contributed by atoms with Crippen molar-refractivity contribution in [2.45, 2.75) is 20.3 Å². The van der Waals surface area contributed by atoms with Crippen LogP contribution < -0.4 is 0 Å². The zero-order valence-corrected chi connectivity index (χ0v) is 9.14.